The number of rotatable bonds is 6. The highest BCUT2D eigenvalue weighted by Gasteiger charge is 2.23. The van der Waals surface area contributed by atoms with Crippen LogP contribution in [0.3, 0.4) is 0 Å². The molecule has 1 rings (SSSR count). The summed E-state index contributed by atoms with van der Waals surface area (Å²) in [6.45, 7) is 1.87. The first-order chi connectivity index (χ1) is 8.40. The number of nitrogens with one attached hydrogen (secondary N) is 1. The second-order valence-corrected chi connectivity index (χ2v) is 5.20. The molecule has 0 bridgehead atoms. The van der Waals surface area contributed by atoms with E-state index in [4.69, 9.17) is 15.9 Å². The minimum Gasteiger partial charge on any atom is -0.475 e. The fourth-order valence-corrected chi connectivity index (χ4v) is 2.41. The summed E-state index contributed by atoms with van der Waals surface area (Å²) in [6, 6.07) is 1.51. The van der Waals surface area contributed by atoms with E-state index in [0.717, 1.165) is 18.6 Å². The van der Waals surface area contributed by atoms with Crippen LogP contribution in [0, 0.1) is 12.3 Å². The molecule has 0 saturated carbocycles. The third-order valence-corrected chi connectivity index (χ3v) is 3.48. The van der Waals surface area contributed by atoms with Crippen LogP contribution in [-0.4, -0.2) is 25.5 Å². The van der Waals surface area contributed by atoms with Gasteiger partial charge in [0, 0.05) is 0 Å². The number of furan rings is 1. The Morgan fingerprint density at radius 1 is 1.61 bits per heavy atom. The maximum Gasteiger partial charge on any atom is 0.371 e. The highest BCUT2D eigenvalue weighted by atomic mass is 32.2. The molecule has 7 heteroatoms. The summed E-state index contributed by atoms with van der Waals surface area (Å²) in [5.74, 6) is 0.534. The summed E-state index contributed by atoms with van der Waals surface area (Å²) in [7, 11) is -3.93. The molecule has 18 heavy (non-hydrogen) atoms. The maximum absolute atomic E-state index is 11.8. The Morgan fingerprint density at radius 2 is 2.28 bits per heavy atom. The Hall–Kier alpha value is -1.78. The van der Waals surface area contributed by atoms with Crippen LogP contribution in [0.15, 0.2) is 21.6 Å². The van der Waals surface area contributed by atoms with Gasteiger partial charge in [0.25, 0.3) is 10.0 Å². The lowest BCUT2D eigenvalue weighted by Crippen LogP contribution is -2.33. The highest BCUT2D eigenvalue weighted by Crippen LogP contribution is 2.14. The van der Waals surface area contributed by atoms with Crippen LogP contribution in [0.2, 0.25) is 0 Å². The Morgan fingerprint density at radius 3 is 2.72 bits per heavy atom. The molecule has 6 nitrogen and oxygen atoms in total. The molecule has 1 aromatic rings. The lowest BCUT2D eigenvalue weighted by molar-refractivity contribution is 0.0656. The summed E-state index contributed by atoms with van der Waals surface area (Å²) in [5, 5.41) is 8.17. The van der Waals surface area contributed by atoms with Gasteiger partial charge in [-0.1, -0.05) is 19.3 Å². The van der Waals surface area contributed by atoms with Gasteiger partial charge in [0.05, 0.1) is 6.04 Å². The smallest absolute Gasteiger partial charge is 0.371 e. The standard InChI is InChI=1S/C11H13NO5S/c1-3-5-8(4-2)12-18(15,16)10-7-6-9(17-10)11(13)14/h2,6-8,12H,3,5H2,1H3,(H,13,14). The first kappa shape index (κ1) is 14.3. The van der Waals surface area contributed by atoms with E-state index >= 15 is 0 Å². The van der Waals surface area contributed by atoms with Gasteiger partial charge in [-0.05, 0) is 18.6 Å². The first-order valence-corrected chi connectivity index (χ1v) is 6.70. The predicted octanol–water partition coefficient (Wildman–Crippen LogP) is 1.06. The van der Waals surface area contributed by atoms with Crippen LogP contribution in [0.1, 0.15) is 30.3 Å². The van der Waals surface area contributed by atoms with Crippen LogP contribution in [0.5, 0.6) is 0 Å². The number of aromatic carboxylic acids is 1. The highest BCUT2D eigenvalue weighted by molar-refractivity contribution is 7.89. The van der Waals surface area contributed by atoms with E-state index < -0.39 is 32.9 Å². The second kappa shape index (κ2) is 5.71. The number of hydrogen-bond acceptors (Lipinski definition) is 4. The van der Waals surface area contributed by atoms with Crippen LogP contribution >= 0.6 is 0 Å². The van der Waals surface area contributed by atoms with Crippen LogP contribution in [0.4, 0.5) is 0 Å². The number of hydrogen-bond donors (Lipinski definition) is 2. The van der Waals surface area contributed by atoms with E-state index in [1.807, 2.05) is 6.92 Å². The molecule has 1 aromatic heterocycles. The third-order valence-electron chi connectivity index (χ3n) is 2.13. The molecule has 0 spiro atoms. The number of carboxylic acids is 1. The van der Waals surface area contributed by atoms with Gasteiger partial charge in [0.1, 0.15) is 0 Å². The zero-order chi connectivity index (χ0) is 13.8. The fourth-order valence-electron chi connectivity index (χ4n) is 1.29. The van der Waals surface area contributed by atoms with E-state index in [0.29, 0.717) is 6.42 Å². The minimum absolute atomic E-state index is 0.442. The van der Waals surface area contributed by atoms with E-state index in [1.54, 1.807) is 0 Å². The topological polar surface area (TPSA) is 96.6 Å². The third kappa shape index (κ3) is 3.35. The van der Waals surface area contributed by atoms with E-state index in [-0.39, 0.29) is 0 Å². The van der Waals surface area contributed by atoms with Gasteiger partial charge in [-0.15, -0.1) is 6.42 Å². The van der Waals surface area contributed by atoms with Crippen molar-refractivity contribution in [3.05, 3.63) is 17.9 Å². The van der Waals surface area contributed by atoms with Crippen molar-refractivity contribution in [3.8, 4) is 12.3 Å². The van der Waals surface area contributed by atoms with Crippen molar-refractivity contribution in [2.45, 2.75) is 30.9 Å². The lowest BCUT2D eigenvalue weighted by Gasteiger charge is -2.10. The largest absolute Gasteiger partial charge is 0.475 e. The molecule has 0 aliphatic carbocycles. The van der Waals surface area contributed by atoms with Crippen molar-refractivity contribution in [2.75, 3.05) is 0 Å². The zero-order valence-corrected chi connectivity index (χ0v) is 10.5. The van der Waals surface area contributed by atoms with E-state index in [2.05, 4.69) is 10.6 Å². The summed E-state index contributed by atoms with van der Waals surface area (Å²) in [6.07, 6.45) is 6.40. The average Bonchev–Trinajstić information content (AvgIpc) is 2.78. The van der Waals surface area contributed by atoms with Crippen molar-refractivity contribution in [2.24, 2.45) is 0 Å². The van der Waals surface area contributed by atoms with E-state index in [1.165, 1.54) is 0 Å². The molecule has 0 amide bonds. The van der Waals surface area contributed by atoms with Crippen LogP contribution in [-0.2, 0) is 10.0 Å². The molecule has 1 unspecified atom stereocenters. The molecule has 98 valence electrons. The summed E-state index contributed by atoms with van der Waals surface area (Å²) >= 11 is 0. The first-order valence-electron chi connectivity index (χ1n) is 5.22. The van der Waals surface area contributed by atoms with Gasteiger partial charge in [-0.25, -0.2) is 13.2 Å². The van der Waals surface area contributed by atoms with Crippen molar-refractivity contribution in [1.82, 2.24) is 4.72 Å². The van der Waals surface area contributed by atoms with Crippen molar-refractivity contribution in [1.29, 1.82) is 0 Å². The number of terminal acetylenes is 1. The van der Waals surface area contributed by atoms with Crippen molar-refractivity contribution in [3.63, 3.8) is 0 Å². The molecule has 0 saturated heterocycles. The van der Waals surface area contributed by atoms with Gasteiger partial charge in [-0.3, -0.25) is 0 Å². The summed E-state index contributed by atoms with van der Waals surface area (Å²) < 4.78 is 30.6. The molecule has 0 radical (unpaired) electrons. The molecule has 1 atom stereocenters. The SMILES string of the molecule is C#CC(CCC)NS(=O)(=O)c1ccc(C(=O)O)o1. The van der Waals surface area contributed by atoms with Gasteiger partial charge in [0.2, 0.25) is 10.9 Å². The molecule has 0 aliphatic rings. The average molecular weight is 271 g/mol. The molecular weight excluding hydrogens is 258 g/mol. The normalized spacial score (nSPS) is 12.9. The van der Waals surface area contributed by atoms with Gasteiger partial charge in [0.15, 0.2) is 0 Å². The Labute approximate surface area is 105 Å². The van der Waals surface area contributed by atoms with Crippen LogP contribution in [0.25, 0.3) is 0 Å². The monoisotopic (exact) mass is 271 g/mol. The van der Waals surface area contributed by atoms with Gasteiger partial charge < -0.3 is 9.52 Å². The summed E-state index contributed by atoms with van der Waals surface area (Å²) in [5.41, 5.74) is 0. The number of carboxylic acid groups (broad SMARTS) is 1. The number of sulfonamides is 1. The maximum atomic E-state index is 11.8. The Bertz CT molecular complexity index is 566. The quantitative estimate of drug-likeness (QED) is 0.754. The molecular formula is C11H13NO5S. The molecule has 0 fully saturated rings. The van der Waals surface area contributed by atoms with Gasteiger partial charge >= 0.3 is 5.97 Å². The van der Waals surface area contributed by atoms with Crippen molar-refractivity contribution < 1.29 is 22.7 Å². The minimum atomic E-state index is -3.93. The molecule has 0 aliphatic heterocycles. The second-order valence-electron chi connectivity index (χ2n) is 3.55. The van der Waals surface area contributed by atoms with Crippen LogP contribution < -0.4 is 4.72 Å². The fraction of sp³-hybridized carbons (Fsp3) is 0.364. The Kier molecular flexibility index (Phi) is 4.53. The number of carbonyl (C=O) groups is 1. The Balaban J connectivity index is 2.92. The summed E-state index contributed by atoms with van der Waals surface area (Å²) in [4.78, 5) is 10.6. The molecule has 2 N–H and O–H groups in total. The molecule has 0 aromatic carbocycles. The predicted molar refractivity (Wildman–Crippen MR) is 63.5 cm³/mol. The van der Waals surface area contributed by atoms with E-state index in [9.17, 15) is 13.2 Å². The molecule has 1 heterocycles. The lowest BCUT2D eigenvalue weighted by atomic mass is 10.2. The van der Waals surface area contributed by atoms with Crippen molar-refractivity contribution >= 4 is 16.0 Å². The zero-order valence-electron chi connectivity index (χ0n) is 9.71. The van der Waals surface area contributed by atoms with Gasteiger partial charge in [-0.2, -0.15) is 4.72 Å².